The molecule has 82 valence electrons. The van der Waals surface area contributed by atoms with E-state index in [1.165, 1.54) is 14.2 Å². The van der Waals surface area contributed by atoms with Crippen molar-refractivity contribution in [3.63, 3.8) is 0 Å². The lowest BCUT2D eigenvalue weighted by atomic mass is 10.2. The minimum Gasteiger partial charge on any atom is -0.457 e. The van der Waals surface area contributed by atoms with Crippen LogP contribution >= 0.6 is 0 Å². The minimum absolute atomic E-state index is 0.0841. The fourth-order valence-corrected chi connectivity index (χ4v) is 1.03. The molecule has 0 amide bonds. The molecule has 4 nitrogen and oxygen atoms in total. The van der Waals surface area contributed by atoms with Crippen molar-refractivity contribution in [1.82, 2.24) is 0 Å². The summed E-state index contributed by atoms with van der Waals surface area (Å²) in [5.41, 5.74) is 0.517. The van der Waals surface area contributed by atoms with Gasteiger partial charge in [0.1, 0.15) is 6.61 Å². The van der Waals surface area contributed by atoms with E-state index < -0.39 is 6.29 Å². The summed E-state index contributed by atoms with van der Waals surface area (Å²) < 4.78 is 14.8. The van der Waals surface area contributed by atoms with Crippen molar-refractivity contribution in [2.24, 2.45) is 0 Å². The van der Waals surface area contributed by atoms with E-state index in [1.54, 1.807) is 24.3 Å². The molecule has 0 bridgehead atoms. The van der Waals surface area contributed by atoms with Crippen LogP contribution in [0, 0.1) is 0 Å². The van der Waals surface area contributed by atoms with E-state index in [4.69, 9.17) is 14.2 Å². The first-order valence-electron chi connectivity index (χ1n) is 4.55. The van der Waals surface area contributed by atoms with Crippen LogP contribution < -0.4 is 0 Å². The van der Waals surface area contributed by atoms with Crippen LogP contribution in [0.2, 0.25) is 0 Å². The molecule has 0 radical (unpaired) electrons. The van der Waals surface area contributed by atoms with Crippen LogP contribution in [-0.2, 0) is 14.2 Å². The van der Waals surface area contributed by atoms with Gasteiger partial charge in [-0.15, -0.1) is 0 Å². The van der Waals surface area contributed by atoms with Crippen molar-refractivity contribution in [2.75, 3.05) is 20.8 Å². The van der Waals surface area contributed by atoms with Crippen molar-refractivity contribution in [3.8, 4) is 0 Å². The predicted octanol–water partition coefficient (Wildman–Crippen LogP) is 1.46. The van der Waals surface area contributed by atoms with E-state index in [2.05, 4.69) is 0 Å². The molecule has 0 aromatic heterocycles. The molecule has 0 heterocycles. The van der Waals surface area contributed by atoms with Gasteiger partial charge in [0.2, 0.25) is 0 Å². The van der Waals surface area contributed by atoms with Crippen LogP contribution in [0.3, 0.4) is 0 Å². The molecule has 0 spiro atoms. The van der Waals surface area contributed by atoms with Crippen LogP contribution in [0.25, 0.3) is 0 Å². The SMILES string of the molecule is COC(COC(=O)c1ccccc1)OC. The molecule has 0 aliphatic heterocycles. The second-order valence-electron chi connectivity index (χ2n) is 2.87. The number of ether oxygens (including phenoxy) is 3. The average Bonchev–Trinajstić information content (AvgIpc) is 2.31. The van der Waals surface area contributed by atoms with Gasteiger partial charge in [-0.25, -0.2) is 4.79 Å². The van der Waals surface area contributed by atoms with Gasteiger partial charge in [-0.1, -0.05) is 18.2 Å². The summed E-state index contributed by atoms with van der Waals surface area (Å²) in [6.07, 6.45) is -0.516. The number of rotatable bonds is 5. The van der Waals surface area contributed by atoms with Gasteiger partial charge in [-0.2, -0.15) is 0 Å². The summed E-state index contributed by atoms with van der Waals surface area (Å²) in [6.45, 7) is 0.0841. The highest BCUT2D eigenvalue weighted by atomic mass is 16.7. The Kier molecular flexibility index (Phi) is 4.80. The topological polar surface area (TPSA) is 44.8 Å². The molecule has 15 heavy (non-hydrogen) atoms. The first-order valence-corrected chi connectivity index (χ1v) is 4.55. The molecular weight excluding hydrogens is 196 g/mol. The Bertz CT molecular complexity index is 293. The first-order chi connectivity index (χ1) is 7.27. The van der Waals surface area contributed by atoms with Gasteiger partial charge in [-0.3, -0.25) is 0 Å². The lowest BCUT2D eigenvalue weighted by molar-refractivity contribution is -0.129. The summed E-state index contributed by atoms with van der Waals surface area (Å²) in [6, 6.07) is 8.78. The van der Waals surface area contributed by atoms with Crippen molar-refractivity contribution < 1.29 is 19.0 Å². The zero-order valence-corrected chi connectivity index (χ0v) is 8.80. The number of carbonyl (C=O) groups is 1. The fourth-order valence-electron chi connectivity index (χ4n) is 1.03. The number of hydrogen-bond donors (Lipinski definition) is 0. The molecule has 4 heteroatoms. The number of hydrogen-bond acceptors (Lipinski definition) is 4. The summed E-state index contributed by atoms with van der Waals surface area (Å²) in [5.74, 6) is -0.380. The average molecular weight is 210 g/mol. The Labute approximate surface area is 88.8 Å². The molecule has 0 N–H and O–H groups in total. The molecule has 0 atom stereocenters. The van der Waals surface area contributed by atoms with E-state index in [1.807, 2.05) is 6.07 Å². The van der Waals surface area contributed by atoms with Crippen molar-refractivity contribution in [1.29, 1.82) is 0 Å². The minimum atomic E-state index is -0.516. The number of methoxy groups -OCH3 is 2. The third-order valence-electron chi connectivity index (χ3n) is 1.89. The van der Waals surface area contributed by atoms with E-state index >= 15 is 0 Å². The molecule has 0 aliphatic rings. The molecule has 0 aliphatic carbocycles. The monoisotopic (exact) mass is 210 g/mol. The molecule has 0 saturated carbocycles. The Hall–Kier alpha value is -1.39. The second-order valence-corrected chi connectivity index (χ2v) is 2.87. The summed E-state index contributed by atoms with van der Waals surface area (Å²) >= 11 is 0. The lowest BCUT2D eigenvalue weighted by Gasteiger charge is -2.13. The third kappa shape index (κ3) is 3.69. The zero-order valence-electron chi connectivity index (χ0n) is 8.80. The molecule has 0 saturated heterocycles. The number of esters is 1. The van der Waals surface area contributed by atoms with Crippen LogP contribution in [0.5, 0.6) is 0 Å². The summed E-state index contributed by atoms with van der Waals surface area (Å²) in [5, 5.41) is 0. The van der Waals surface area contributed by atoms with Crippen LogP contribution in [0.1, 0.15) is 10.4 Å². The van der Waals surface area contributed by atoms with E-state index in [0.29, 0.717) is 5.56 Å². The second kappa shape index (κ2) is 6.16. The van der Waals surface area contributed by atoms with Gasteiger partial charge in [0.25, 0.3) is 0 Å². The zero-order chi connectivity index (χ0) is 11.1. The van der Waals surface area contributed by atoms with Gasteiger partial charge in [0.05, 0.1) is 5.56 Å². The number of benzene rings is 1. The van der Waals surface area contributed by atoms with Crippen LogP contribution in [-0.4, -0.2) is 33.1 Å². The van der Waals surface area contributed by atoms with Gasteiger partial charge >= 0.3 is 5.97 Å². The molecule has 1 rings (SSSR count). The highest BCUT2D eigenvalue weighted by Crippen LogP contribution is 2.02. The highest BCUT2D eigenvalue weighted by molar-refractivity contribution is 5.89. The molecule has 0 fully saturated rings. The molecule has 0 unspecified atom stereocenters. The van der Waals surface area contributed by atoms with E-state index in [0.717, 1.165) is 0 Å². The standard InChI is InChI=1S/C11H14O4/c1-13-10(14-2)8-15-11(12)9-6-4-3-5-7-9/h3-7,10H,8H2,1-2H3. The highest BCUT2D eigenvalue weighted by Gasteiger charge is 2.10. The first kappa shape index (κ1) is 11.7. The Morgan fingerprint density at radius 1 is 1.20 bits per heavy atom. The molecule has 1 aromatic carbocycles. The summed E-state index contributed by atoms with van der Waals surface area (Å²) in [4.78, 5) is 11.4. The Balaban J connectivity index is 2.43. The Morgan fingerprint density at radius 2 is 1.80 bits per heavy atom. The Morgan fingerprint density at radius 3 is 2.33 bits per heavy atom. The summed E-state index contributed by atoms with van der Waals surface area (Å²) in [7, 11) is 2.98. The third-order valence-corrected chi connectivity index (χ3v) is 1.89. The smallest absolute Gasteiger partial charge is 0.338 e. The quantitative estimate of drug-likeness (QED) is 0.545. The number of carbonyl (C=O) groups excluding carboxylic acids is 1. The van der Waals surface area contributed by atoms with Crippen LogP contribution in [0.4, 0.5) is 0 Å². The van der Waals surface area contributed by atoms with Crippen LogP contribution in [0.15, 0.2) is 30.3 Å². The van der Waals surface area contributed by atoms with Crippen molar-refractivity contribution >= 4 is 5.97 Å². The van der Waals surface area contributed by atoms with Crippen molar-refractivity contribution in [3.05, 3.63) is 35.9 Å². The molecular formula is C11H14O4. The maximum atomic E-state index is 11.4. The molecule has 1 aromatic rings. The lowest BCUT2D eigenvalue weighted by Crippen LogP contribution is -2.22. The van der Waals surface area contributed by atoms with Gasteiger partial charge < -0.3 is 14.2 Å². The van der Waals surface area contributed by atoms with E-state index in [-0.39, 0.29) is 12.6 Å². The van der Waals surface area contributed by atoms with E-state index in [9.17, 15) is 4.79 Å². The maximum Gasteiger partial charge on any atom is 0.338 e. The van der Waals surface area contributed by atoms with Gasteiger partial charge in [0, 0.05) is 14.2 Å². The van der Waals surface area contributed by atoms with Gasteiger partial charge in [-0.05, 0) is 12.1 Å². The maximum absolute atomic E-state index is 11.4. The fraction of sp³-hybridized carbons (Fsp3) is 0.364. The normalized spacial score (nSPS) is 10.3. The predicted molar refractivity (Wildman–Crippen MR) is 54.5 cm³/mol. The largest absolute Gasteiger partial charge is 0.457 e. The van der Waals surface area contributed by atoms with Crippen molar-refractivity contribution in [2.45, 2.75) is 6.29 Å². The van der Waals surface area contributed by atoms with Gasteiger partial charge in [0.15, 0.2) is 6.29 Å².